The minimum Gasteiger partial charge on any atom is -0.467 e. The number of carbonyl (C=O) groups is 1. The fourth-order valence-electron chi connectivity index (χ4n) is 2.95. The van der Waals surface area contributed by atoms with E-state index in [0.717, 1.165) is 11.1 Å². The van der Waals surface area contributed by atoms with Gasteiger partial charge in [-0.05, 0) is 53.9 Å². The van der Waals surface area contributed by atoms with Crippen molar-refractivity contribution in [3.05, 3.63) is 94.7 Å². The highest BCUT2D eigenvalue weighted by molar-refractivity contribution is 8.15. The number of hydrogen-bond acceptors (Lipinski definition) is 5. The van der Waals surface area contributed by atoms with Gasteiger partial charge in [-0.3, -0.25) is 9.69 Å². The molecular weight excluding hydrogens is 425 g/mol. The van der Waals surface area contributed by atoms with E-state index in [-0.39, 0.29) is 23.5 Å². The van der Waals surface area contributed by atoms with E-state index in [9.17, 15) is 9.18 Å². The summed E-state index contributed by atoms with van der Waals surface area (Å²) in [4.78, 5) is 14.6. The van der Waals surface area contributed by atoms with Crippen molar-refractivity contribution in [3.8, 4) is 0 Å². The van der Waals surface area contributed by atoms with Gasteiger partial charge >= 0.3 is 0 Å². The molecule has 1 aliphatic heterocycles. The number of nitrogens with zero attached hydrogens (tertiary/aromatic N) is 3. The first-order valence-corrected chi connectivity index (χ1v) is 10.5. The molecule has 0 spiro atoms. The highest BCUT2D eigenvalue weighted by atomic mass is 35.5. The smallest absolute Gasteiger partial charge is 0.242 e. The van der Waals surface area contributed by atoms with Crippen LogP contribution in [-0.4, -0.2) is 27.4 Å². The SMILES string of the molecule is O=C1[C@@H](Cc2ccc(F)cc2)S/C(=N/N=C/c2ccc(Cl)cc2)N1Cc1ccco1. The summed E-state index contributed by atoms with van der Waals surface area (Å²) in [7, 11) is 0. The molecule has 2 heterocycles. The van der Waals surface area contributed by atoms with Crippen LogP contribution in [0.5, 0.6) is 0 Å². The van der Waals surface area contributed by atoms with Gasteiger partial charge in [0.25, 0.3) is 0 Å². The van der Waals surface area contributed by atoms with Crippen LogP contribution in [0.15, 0.2) is 81.5 Å². The first-order chi connectivity index (χ1) is 14.6. The molecule has 5 nitrogen and oxygen atoms in total. The quantitative estimate of drug-likeness (QED) is 0.392. The highest BCUT2D eigenvalue weighted by Gasteiger charge is 2.38. The van der Waals surface area contributed by atoms with Gasteiger partial charge in [0.2, 0.25) is 5.91 Å². The lowest BCUT2D eigenvalue weighted by molar-refractivity contribution is -0.126. The molecule has 0 saturated carbocycles. The number of benzene rings is 2. The predicted octanol–water partition coefficient (Wildman–Crippen LogP) is 5.15. The van der Waals surface area contributed by atoms with Gasteiger partial charge in [-0.1, -0.05) is 47.6 Å². The number of amidine groups is 1. The zero-order chi connectivity index (χ0) is 20.9. The van der Waals surface area contributed by atoms with Crippen LogP contribution in [-0.2, 0) is 17.8 Å². The van der Waals surface area contributed by atoms with Gasteiger partial charge in [-0.25, -0.2) is 4.39 Å². The molecule has 1 atom stereocenters. The number of thioether (sulfide) groups is 1. The predicted molar refractivity (Wildman–Crippen MR) is 117 cm³/mol. The Morgan fingerprint density at radius 2 is 1.90 bits per heavy atom. The second-order valence-electron chi connectivity index (χ2n) is 6.62. The molecule has 152 valence electrons. The fourth-order valence-corrected chi connectivity index (χ4v) is 4.21. The summed E-state index contributed by atoms with van der Waals surface area (Å²) < 4.78 is 18.6. The van der Waals surface area contributed by atoms with Crippen molar-refractivity contribution in [1.29, 1.82) is 0 Å². The molecule has 3 aromatic rings. The number of furan rings is 1. The maximum absolute atomic E-state index is 13.2. The molecule has 4 rings (SSSR count). The average Bonchev–Trinajstić information content (AvgIpc) is 3.35. The van der Waals surface area contributed by atoms with Crippen LogP contribution in [0, 0.1) is 5.82 Å². The number of hydrogen-bond donors (Lipinski definition) is 0. The Balaban J connectivity index is 1.54. The second kappa shape index (κ2) is 9.28. The summed E-state index contributed by atoms with van der Waals surface area (Å²) in [6.07, 6.45) is 3.64. The van der Waals surface area contributed by atoms with Gasteiger partial charge in [-0.15, -0.1) is 5.10 Å². The lowest BCUT2D eigenvalue weighted by Gasteiger charge is -2.14. The van der Waals surface area contributed by atoms with E-state index in [2.05, 4.69) is 10.2 Å². The summed E-state index contributed by atoms with van der Waals surface area (Å²) in [6.45, 7) is 0.272. The first kappa shape index (κ1) is 20.4. The topological polar surface area (TPSA) is 58.2 Å². The van der Waals surface area contributed by atoms with Crippen molar-refractivity contribution in [2.24, 2.45) is 10.2 Å². The molecule has 1 aromatic heterocycles. The first-order valence-electron chi connectivity index (χ1n) is 9.20. The zero-order valence-corrected chi connectivity index (χ0v) is 17.3. The summed E-state index contributed by atoms with van der Waals surface area (Å²) in [5.41, 5.74) is 1.73. The largest absolute Gasteiger partial charge is 0.467 e. The van der Waals surface area contributed by atoms with Gasteiger partial charge in [0, 0.05) is 5.02 Å². The molecule has 0 unspecified atom stereocenters. The maximum Gasteiger partial charge on any atom is 0.242 e. The minimum atomic E-state index is -0.366. The summed E-state index contributed by atoms with van der Waals surface area (Å²) in [5.74, 6) is 0.268. The lowest BCUT2D eigenvalue weighted by atomic mass is 10.1. The molecule has 0 N–H and O–H groups in total. The van der Waals surface area contributed by atoms with Gasteiger partial charge < -0.3 is 4.42 Å². The monoisotopic (exact) mass is 441 g/mol. The molecule has 2 aromatic carbocycles. The molecule has 1 amide bonds. The van der Waals surface area contributed by atoms with Crippen molar-refractivity contribution in [2.45, 2.75) is 18.2 Å². The van der Waals surface area contributed by atoms with Crippen LogP contribution in [0.4, 0.5) is 4.39 Å². The van der Waals surface area contributed by atoms with Crippen LogP contribution in [0.1, 0.15) is 16.9 Å². The standard InChI is InChI=1S/C22H17ClFN3O2S/c23-17-7-3-16(4-8-17)13-25-26-22-27(14-19-2-1-11-29-19)21(28)20(30-22)12-15-5-9-18(24)10-6-15/h1-11,13,20H,12,14H2/b25-13+,26-22+/t20-/m1/s1. The maximum atomic E-state index is 13.2. The van der Waals surface area contributed by atoms with Crippen LogP contribution in [0.3, 0.4) is 0 Å². The Morgan fingerprint density at radius 1 is 1.13 bits per heavy atom. The molecular formula is C22H17ClFN3O2S. The summed E-state index contributed by atoms with van der Waals surface area (Å²) in [6, 6.07) is 16.9. The van der Waals surface area contributed by atoms with Crippen LogP contribution in [0.25, 0.3) is 0 Å². The average molecular weight is 442 g/mol. The van der Waals surface area contributed by atoms with E-state index >= 15 is 0 Å². The third-order valence-corrected chi connectivity index (χ3v) is 5.89. The summed E-state index contributed by atoms with van der Waals surface area (Å²) in [5, 5.41) is 9.19. The Morgan fingerprint density at radius 3 is 2.60 bits per heavy atom. The van der Waals surface area contributed by atoms with E-state index < -0.39 is 0 Å². The third kappa shape index (κ3) is 4.98. The Kier molecular flexibility index (Phi) is 6.30. The molecule has 0 radical (unpaired) electrons. The van der Waals surface area contributed by atoms with Crippen molar-refractivity contribution < 1.29 is 13.6 Å². The highest BCUT2D eigenvalue weighted by Crippen LogP contribution is 2.31. The third-order valence-electron chi connectivity index (χ3n) is 4.47. The molecule has 8 heteroatoms. The summed E-state index contributed by atoms with van der Waals surface area (Å²) >= 11 is 7.24. The van der Waals surface area contributed by atoms with E-state index in [1.165, 1.54) is 23.9 Å². The zero-order valence-electron chi connectivity index (χ0n) is 15.7. The molecule has 1 aliphatic rings. The fraction of sp³-hybridized carbons (Fsp3) is 0.136. The molecule has 1 saturated heterocycles. The van der Waals surface area contributed by atoms with Crippen molar-refractivity contribution >= 4 is 40.7 Å². The number of halogens is 2. The Labute approximate surface area is 182 Å². The molecule has 30 heavy (non-hydrogen) atoms. The number of rotatable bonds is 6. The normalized spacial score (nSPS) is 18.1. The van der Waals surface area contributed by atoms with Crippen molar-refractivity contribution in [3.63, 3.8) is 0 Å². The lowest BCUT2D eigenvalue weighted by Crippen LogP contribution is -2.32. The van der Waals surface area contributed by atoms with Crippen molar-refractivity contribution in [1.82, 2.24) is 4.90 Å². The number of carbonyl (C=O) groups excluding carboxylic acids is 1. The second-order valence-corrected chi connectivity index (χ2v) is 8.23. The van der Waals surface area contributed by atoms with Gasteiger partial charge in [0.1, 0.15) is 11.6 Å². The van der Waals surface area contributed by atoms with E-state index in [4.69, 9.17) is 16.0 Å². The van der Waals surface area contributed by atoms with E-state index in [0.29, 0.717) is 22.4 Å². The van der Waals surface area contributed by atoms with Crippen LogP contribution < -0.4 is 0 Å². The number of amides is 1. The molecule has 0 bridgehead atoms. The Hall–Kier alpha value is -2.90. The Bertz CT molecular complexity index is 1070. The van der Waals surface area contributed by atoms with E-state index in [1.807, 2.05) is 12.1 Å². The van der Waals surface area contributed by atoms with Gasteiger partial charge in [0.05, 0.1) is 24.3 Å². The van der Waals surface area contributed by atoms with E-state index in [1.54, 1.807) is 53.8 Å². The molecule has 1 fully saturated rings. The molecule has 0 aliphatic carbocycles. The van der Waals surface area contributed by atoms with Crippen LogP contribution >= 0.6 is 23.4 Å². The van der Waals surface area contributed by atoms with Crippen molar-refractivity contribution in [2.75, 3.05) is 0 Å². The minimum absolute atomic E-state index is 0.0823. The van der Waals surface area contributed by atoms with Crippen LogP contribution in [0.2, 0.25) is 5.02 Å². The van der Waals surface area contributed by atoms with Gasteiger partial charge in [-0.2, -0.15) is 5.10 Å². The van der Waals surface area contributed by atoms with Gasteiger partial charge in [0.15, 0.2) is 5.17 Å².